The quantitative estimate of drug-likeness (QED) is 0.315. The molecule has 1 aliphatic carbocycles. The van der Waals surface area contributed by atoms with Crippen LogP contribution < -0.4 is 4.90 Å². The Morgan fingerprint density at radius 1 is 1.00 bits per heavy atom. The summed E-state index contributed by atoms with van der Waals surface area (Å²) in [7, 11) is 0. The van der Waals surface area contributed by atoms with Crippen molar-refractivity contribution in [2.75, 3.05) is 6.80 Å². The molecule has 2 atom stereocenters. The van der Waals surface area contributed by atoms with Crippen molar-refractivity contribution in [1.82, 2.24) is 0 Å². The molecule has 1 nitrogen and oxygen atoms in total. The van der Waals surface area contributed by atoms with Gasteiger partial charge in [-0.1, -0.05) is 44.4 Å². The summed E-state index contributed by atoms with van der Waals surface area (Å²) < 4.78 is 111. The van der Waals surface area contributed by atoms with Crippen LogP contribution in [0.15, 0.2) is 24.3 Å². The average molecular weight is 380 g/mol. The SMILES string of the molecule is CCCCCCC(F)(F)C(F)(F)C(F)(F)[NH+](CF)C1(F)C=CC=CC1. The molecule has 0 saturated carbocycles. The highest BCUT2D eigenvalue weighted by molar-refractivity contribution is 5.14. The van der Waals surface area contributed by atoms with E-state index in [2.05, 4.69) is 0 Å². The van der Waals surface area contributed by atoms with Crippen molar-refractivity contribution in [3.8, 4) is 0 Å². The van der Waals surface area contributed by atoms with Crippen LogP contribution in [-0.2, 0) is 0 Å². The smallest absolute Gasteiger partial charge is 0.207 e. The lowest BCUT2D eigenvalue weighted by molar-refractivity contribution is -1.06. The summed E-state index contributed by atoms with van der Waals surface area (Å²) in [6, 6.07) is -5.64. The Morgan fingerprint density at radius 2 is 1.64 bits per heavy atom. The van der Waals surface area contributed by atoms with Crippen LogP contribution in [0.1, 0.15) is 45.4 Å². The molecule has 0 saturated heterocycles. The number of allylic oxidation sites excluding steroid dienone is 2. The van der Waals surface area contributed by atoms with Crippen molar-refractivity contribution in [1.29, 1.82) is 0 Å². The molecule has 25 heavy (non-hydrogen) atoms. The first-order chi connectivity index (χ1) is 11.5. The summed E-state index contributed by atoms with van der Waals surface area (Å²) in [6.07, 6.45) is 2.32. The Kier molecular flexibility index (Phi) is 7.06. The number of quaternary nitrogens is 1. The molecule has 9 heteroatoms. The monoisotopic (exact) mass is 380 g/mol. The number of nitrogens with one attached hydrogen (secondary N) is 1. The molecule has 146 valence electrons. The predicted molar refractivity (Wildman–Crippen MR) is 77.3 cm³/mol. The zero-order chi connectivity index (χ0) is 19.4. The molecule has 0 amide bonds. The topological polar surface area (TPSA) is 4.44 Å². The van der Waals surface area contributed by atoms with E-state index in [1.165, 1.54) is 6.08 Å². The van der Waals surface area contributed by atoms with Crippen molar-refractivity contribution < 1.29 is 40.0 Å². The van der Waals surface area contributed by atoms with E-state index in [0.29, 0.717) is 18.9 Å². The molecule has 0 heterocycles. The number of hydrogen-bond acceptors (Lipinski definition) is 0. The van der Waals surface area contributed by atoms with E-state index in [9.17, 15) is 35.1 Å². The van der Waals surface area contributed by atoms with Gasteiger partial charge in [0.25, 0.3) is 5.79 Å². The summed E-state index contributed by atoms with van der Waals surface area (Å²) >= 11 is 0. The summed E-state index contributed by atoms with van der Waals surface area (Å²) in [4.78, 5) is -2.18. The number of halogens is 8. The van der Waals surface area contributed by atoms with Gasteiger partial charge in [-0.25, -0.2) is 4.90 Å². The van der Waals surface area contributed by atoms with E-state index in [0.717, 1.165) is 12.2 Å². The van der Waals surface area contributed by atoms with Crippen molar-refractivity contribution in [3.63, 3.8) is 0 Å². The lowest BCUT2D eigenvalue weighted by Gasteiger charge is -2.40. The molecule has 1 rings (SSSR count). The van der Waals surface area contributed by atoms with Crippen LogP contribution in [0, 0.1) is 0 Å². The van der Waals surface area contributed by atoms with E-state index in [4.69, 9.17) is 0 Å². The molecular formula is C16H22F8N+. The molecule has 1 N–H and O–H groups in total. The van der Waals surface area contributed by atoms with Gasteiger partial charge in [0.1, 0.15) is 0 Å². The average Bonchev–Trinajstić information content (AvgIpc) is 2.52. The second-order valence-electron chi connectivity index (χ2n) is 6.13. The van der Waals surface area contributed by atoms with E-state index < -0.39 is 48.2 Å². The van der Waals surface area contributed by atoms with Gasteiger partial charge < -0.3 is 0 Å². The maximum absolute atomic E-state index is 14.5. The highest BCUT2D eigenvalue weighted by atomic mass is 19.3. The molecule has 0 spiro atoms. The normalized spacial score (nSPS) is 23.1. The molecule has 0 radical (unpaired) electrons. The minimum absolute atomic E-state index is 0.175. The molecular weight excluding hydrogens is 358 g/mol. The molecule has 0 aliphatic heterocycles. The second-order valence-corrected chi connectivity index (χ2v) is 6.13. The lowest BCUT2D eigenvalue weighted by atomic mass is 9.98. The van der Waals surface area contributed by atoms with Gasteiger partial charge in [0.15, 0.2) is 0 Å². The Bertz CT molecular complexity index is 489. The van der Waals surface area contributed by atoms with Crippen LogP contribution in [0.25, 0.3) is 0 Å². The fourth-order valence-electron chi connectivity index (χ4n) is 2.62. The van der Waals surface area contributed by atoms with Crippen LogP contribution in [0.5, 0.6) is 0 Å². The second kappa shape index (κ2) is 8.05. The molecule has 0 aromatic rings. The van der Waals surface area contributed by atoms with Crippen molar-refractivity contribution in [3.05, 3.63) is 24.3 Å². The molecule has 1 aliphatic rings. The highest BCUT2D eigenvalue weighted by Crippen LogP contribution is 2.46. The Balaban J connectivity index is 3.05. The molecule has 0 fully saturated rings. The zero-order valence-electron chi connectivity index (χ0n) is 13.8. The van der Waals surface area contributed by atoms with Gasteiger partial charge in [-0.2, -0.15) is 26.3 Å². The van der Waals surface area contributed by atoms with E-state index in [1.807, 2.05) is 0 Å². The maximum Gasteiger partial charge on any atom is 0.464 e. The van der Waals surface area contributed by atoms with E-state index >= 15 is 0 Å². The van der Waals surface area contributed by atoms with Gasteiger partial charge in [-0.3, -0.25) is 0 Å². The highest BCUT2D eigenvalue weighted by Gasteiger charge is 2.79. The third-order valence-corrected chi connectivity index (χ3v) is 4.23. The van der Waals surface area contributed by atoms with E-state index in [1.54, 1.807) is 6.92 Å². The van der Waals surface area contributed by atoms with Gasteiger partial charge >= 0.3 is 17.9 Å². The zero-order valence-corrected chi connectivity index (χ0v) is 13.8. The van der Waals surface area contributed by atoms with E-state index in [-0.39, 0.29) is 12.8 Å². The number of alkyl halides is 8. The van der Waals surface area contributed by atoms with Gasteiger partial charge in [0, 0.05) is 12.5 Å². The molecule has 2 unspecified atom stereocenters. The van der Waals surface area contributed by atoms with Gasteiger partial charge in [0.2, 0.25) is 6.80 Å². The third-order valence-electron chi connectivity index (χ3n) is 4.23. The molecule has 0 bridgehead atoms. The number of rotatable bonds is 10. The van der Waals surface area contributed by atoms with Gasteiger partial charge in [-0.05, 0) is 6.42 Å². The Hall–Kier alpha value is -1.12. The first kappa shape index (κ1) is 21.9. The minimum atomic E-state index is -5.90. The fraction of sp³-hybridized carbons (Fsp3) is 0.750. The summed E-state index contributed by atoms with van der Waals surface area (Å²) in [5, 5.41) is 0. The first-order valence-electron chi connectivity index (χ1n) is 8.05. The Morgan fingerprint density at radius 3 is 2.12 bits per heavy atom. The predicted octanol–water partition coefficient (Wildman–Crippen LogP) is 4.81. The molecule has 0 aromatic heterocycles. The summed E-state index contributed by atoms with van der Waals surface area (Å²) in [5.74, 6) is -14.2. The lowest BCUT2D eigenvalue weighted by Crippen LogP contribution is -3.26. The number of hydrogen-bond donors (Lipinski definition) is 1. The minimum Gasteiger partial charge on any atom is -0.207 e. The van der Waals surface area contributed by atoms with Crippen LogP contribution >= 0.6 is 0 Å². The Labute approximate surface area is 141 Å². The summed E-state index contributed by atoms with van der Waals surface area (Å²) in [5.41, 5.74) is 0. The van der Waals surface area contributed by atoms with Gasteiger partial charge in [0.05, 0.1) is 6.42 Å². The number of unbranched alkanes of at least 4 members (excludes halogenated alkanes) is 3. The van der Waals surface area contributed by atoms with Gasteiger partial charge in [-0.15, -0.1) is 8.78 Å². The van der Waals surface area contributed by atoms with Crippen LogP contribution in [0.4, 0.5) is 35.1 Å². The van der Waals surface area contributed by atoms with Crippen LogP contribution in [0.3, 0.4) is 0 Å². The van der Waals surface area contributed by atoms with Crippen LogP contribution in [0.2, 0.25) is 0 Å². The largest absolute Gasteiger partial charge is 0.464 e. The fourth-order valence-corrected chi connectivity index (χ4v) is 2.62. The van der Waals surface area contributed by atoms with Crippen molar-refractivity contribution >= 4 is 0 Å². The summed E-state index contributed by atoms with van der Waals surface area (Å²) in [6.45, 7) is -0.514. The van der Waals surface area contributed by atoms with Crippen LogP contribution in [-0.4, -0.2) is 30.5 Å². The third kappa shape index (κ3) is 4.35. The van der Waals surface area contributed by atoms with Crippen molar-refractivity contribution in [2.24, 2.45) is 0 Å². The van der Waals surface area contributed by atoms with Crippen molar-refractivity contribution in [2.45, 2.75) is 69.1 Å². The standard InChI is InChI=1S/C16H21F8N/c1-2-3-4-8-11-14(19,20)15(21,22)16(23,24)25(12-17)13(18)9-6-5-7-10-13/h5-7,9H,2-4,8,10-12H2,1H3/p+1. The maximum atomic E-state index is 14.5. The molecule has 0 aromatic carbocycles. The first-order valence-corrected chi connectivity index (χ1v) is 8.05.